The number of hydrogen-bond donors (Lipinski definition) is 1. The predicted molar refractivity (Wildman–Crippen MR) is 116 cm³/mol. The highest BCUT2D eigenvalue weighted by atomic mass is 32.2. The molecular weight excluding hydrogens is 454 g/mol. The van der Waals surface area contributed by atoms with Crippen LogP contribution in [-0.4, -0.2) is 95.0 Å². The minimum absolute atomic E-state index is 0.00639. The summed E-state index contributed by atoms with van der Waals surface area (Å²) in [4.78, 5) is 27.8. The van der Waals surface area contributed by atoms with Crippen LogP contribution in [0.5, 0.6) is 11.5 Å². The summed E-state index contributed by atoms with van der Waals surface area (Å²) in [6.45, 7) is 4.90. The highest BCUT2D eigenvalue weighted by Gasteiger charge is 2.33. The molecule has 0 bridgehead atoms. The minimum atomic E-state index is -3.80. The third kappa shape index (κ3) is 5.50. The van der Waals surface area contributed by atoms with E-state index in [0.717, 1.165) is 0 Å². The van der Waals surface area contributed by atoms with Crippen molar-refractivity contribution in [2.45, 2.75) is 36.8 Å². The fourth-order valence-corrected chi connectivity index (χ4v) is 5.33. The number of amides is 2. The number of morpholine rings is 1. The SMILES string of the molecule is CCOC(=O)N1CCC(NS(=O)(=O)c2ccc3c(c2)OC[C@@H](C(=O)N2CCOCC2)O3)CC1. The van der Waals surface area contributed by atoms with Crippen LogP contribution in [0.15, 0.2) is 23.1 Å². The standard InChI is InChI=1S/C21H29N3O8S/c1-2-30-21(26)24-7-5-15(6-8-24)22-33(27,28)16-3-4-17-18(13-16)31-14-19(32-17)20(25)23-9-11-29-12-10-23/h3-4,13,15,19,22H,2,5-12,14H2,1H3/t19-/m0/s1. The van der Waals surface area contributed by atoms with Crippen LogP contribution in [0.2, 0.25) is 0 Å². The Bertz CT molecular complexity index is 972. The summed E-state index contributed by atoms with van der Waals surface area (Å²) >= 11 is 0. The fourth-order valence-electron chi connectivity index (χ4n) is 4.01. The lowest BCUT2D eigenvalue weighted by Gasteiger charge is -2.33. The molecule has 33 heavy (non-hydrogen) atoms. The van der Waals surface area contributed by atoms with Crippen molar-refractivity contribution in [2.75, 3.05) is 52.6 Å². The molecule has 3 aliphatic rings. The van der Waals surface area contributed by atoms with Crippen molar-refractivity contribution in [1.82, 2.24) is 14.5 Å². The maximum absolute atomic E-state index is 12.9. The number of ether oxygens (including phenoxy) is 4. The molecule has 4 rings (SSSR count). The Hall–Kier alpha value is -2.57. The number of likely N-dealkylation sites (tertiary alicyclic amines) is 1. The number of rotatable bonds is 5. The second-order valence-electron chi connectivity index (χ2n) is 8.05. The van der Waals surface area contributed by atoms with E-state index in [1.54, 1.807) is 16.7 Å². The Morgan fingerprint density at radius 1 is 1.09 bits per heavy atom. The van der Waals surface area contributed by atoms with Crippen LogP contribution in [-0.2, 0) is 24.3 Å². The molecule has 0 radical (unpaired) electrons. The molecule has 0 spiro atoms. The molecule has 11 nitrogen and oxygen atoms in total. The van der Waals surface area contributed by atoms with Gasteiger partial charge in [-0.25, -0.2) is 17.9 Å². The molecule has 2 amide bonds. The van der Waals surface area contributed by atoms with Gasteiger partial charge >= 0.3 is 6.09 Å². The molecule has 1 atom stereocenters. The smallest absolute Gasteiger partial charge is 0.409 e. The molecule has 0 aromatic heterocycles. The quantitative estimate of drug-likeness (QED) is 0.645. The zero-order valence-electron chi connectivity index (χ0n) is 18.5. The van der Waals surface area contributed by atoms with Gasteiger partial charge < -0.3 is 28.7 Å². The van der Waals surface area contributed by atoms with Gasteiger partial charge in [0.1, 0.15) is 6.61 Å². The first-order valence-electron chi connectivity index (χ1n) is 11.1. The van der Waals surface area contributed by atoms with Crippen molar-refractivity contribution in [3.8, 4) is 11.5 Å². The average Bonchev–Trinajstić information content (AvgIpc) is 2.84. The Labute approximate surface area is 192 Å². The lowest BCUT2D eigenvalue weighted by atomic mass is 10.1. The number of benzene rings is 1. The van der Waals surface area contributed by atoms with E-state index < -0.39 is 16.1 Å². The summed E-state index contributed by atoms with van der Waals surface area (Å²) in [6.07, 6.45) is -0.168. The van der Waals surface area contributed by atoms with Gasteiger partial charge in [0.15, 0.2) is 11.5 Å². The van der Waals surface area contributed by atoms with E-state index in [1.807, 2.05) is 0 Å². The first-order chi connectivity index (χ1) is 15.9. The minimum Gasteiger partial charge on any atom is -0.485 e. The molecule has 2 fully saturated rings. The van der Waals surface area contributed by atoms with Gasteiger partial charge in [0.25, 0.3) is 5.91 Å². The van der Waals surface area contributed by atoms with Crippen molar-refractivity contribution in [3.63, 3.8) is 0 Å². The van der Waals surface area contributed by atoms with Crippen molar-refractivity contribution < 1.29 is 37.0 Å². The molecule has 1 N–H and O–H groups in total. The van der Waals surface area contributed by atoms with E-state index in [1.165, 1.54) is 18.2 Å². The van der Waals surface area contributed by atoms with Gasteiger partial charge in [0.05, 0.1) is 24.7 Å². The molecule has 0 aliphatic carbocycles. The molecule has 3 heterocycles. The predicted octanol–water partition coefficient (Wildman–Crippen LogP) is 0.584. The van der Waals surface area contributed by atoms with Crippen LogP contribution in [0, 0.1) is 0 Å². The van der Waals surface area contributed by atoms with E-state index in [0.29, 0.717) is 64.6 Å². The summed E-state index contributed by atoms with van der Waals surface area (Å²) in [5.41, 5.74) is 0. The number of piperidine rings is 1. The lowest BCUT2D eigenvalue weighted by Crippen LogP contribution is -2.50. The summed E-state index contributed by atoms with van der Waals surface area (Å²) in [6, 6.07) is 4.05. The second kappa shape index (κ2) is 10.1. The molecule has 0 unspecified atom stereocenters. The van der Waals surface area contributed by atoms with Crippen LogP contribution in [0.25, 0.3) is 0 Å². The normalized spacial score (nSPS) is 21.5. The van der Waals surface area contributed by atoms with Gasteiger partial charge in [-0.05, 0) is 31.9 Å². The number of fused-ring (bicyclic) bond motifs is 1. The Kier molecular flexibility index (Phi) is 7.25. The van der Waals surface area contributed by atoms with Gasteiger partial charge in [-0.3, -0.25) is 4.79 Å². The number of nitrogens with one attached hydrogen (secondary N) is 1. The molecule has 0 saturated carbocycles. The zero-order chi connectivity index (χ0) is 23.4. The maximum Gasteiger partial charge on any atom is 0.409 e. The van der Waals surface area contributed by atoms with Crippen LogP contribution in [0.3, 0.4) is 0 Å². The van der Waals surface area contributed by atoms with Crippen LogP contribution in [0.4, 0.5) is 4.79 Å². The summed E-state index contributed by atoms with van der Waals surface area (Å²) in [5.74, 6) is 0.437. The van der Waals surface area contributed by atoms with Gasteiger partial charge in [-0.2, -0.15) is 0 Å². The van der Waals surface area contributed by atoms with Gasteiger partial charge in [0.2, 0.25) is 16.1 Å². The first-order valence-corrected chi connectivity index (χ1v) is 12.6. The average molecular weight is 484 g/mol. The van der Waals surface area contributed by atoms with Crippen molar-refractivity contribution in [1.29, 1.82) is 0 Å². The molecule has 12 heteroatoms. The molecule has 1 aromatic rings. The van der Waals surface area contributed by atoms with Crippen LogP contribution >= 0.6 is 0 Å². The largest absolute Gasteiger partial charge is 0.485 e. The van der Waals surface area contributed by atoms with E-state index in [9.17, 15) is 18.0 Å². The monoisotopic (exact) mass is 483 g/mol. The second-order valence-corrected chi connectivity index (χ2v) is 9.76. The number of carbonyl (C=O) groups excluding carboxylic acids is 2. The fraction of sp³-hybridized carbons (Fsp3) is 0.619. The highest BCUT2D eigenvalue weighted by Crippen LogP contribution is 2.34. The molecule has 182 valence electrons. The van der Waals surface area contributed by atoms with E-state index in [4.69, 9.17) is 18.9 Å². The number of hydrogen-bond acceptors (Lipinski definition) is 8. The molecule has 3 aliphatic heterocycles. The van der Waals surface area contributed by atoms with Crippen molar-refractivity contribution in [2.24, 2.45) is 0 Å². The van der Waals surface area contributed by atoms with Crippen LogP contribution < -0.4 is 14.2 Å². The van der Waals surface area contributed by atoms with E-state index >= 15 is 0 Å². The van der Waals surface area contributed by atoms with Gasteiger partial charge in [-0.1, -0.05) is 0 Å². The molecule has 2 saturated heterocycles. The van der Waals surface area contributed by atoms with E-state index in [2.05, 4.69) is 4.72 Å². The number of carbonyl (C=O) groups is 2. The zero-order valence-corrected chi connectivity index (χ0v) is 19.3. The Morgan fingerprint density at radius 3 is 2.52 bits per heavy atom. The van der Waals surface area contributed by atoms with E-state index in [-0.39, 0.29) is 35.3 Å². The maximum atomic E-state index is 12.9. The number of sulfonamides is 1. The first kappa shape index (κ1) is 23.6. The third-order valence-corrected chi connectivity index (χ3v) is 7.34. The molecular formula is C21H29N3O8S. The summed E-state index contributed by atoms with van der Waals surface area (Å²) < 4.78 is 50.2. The number of nitrogens with zero attached hydrogens (tertiary/aromatic N) is 2. The topological polar surface area (TPSA) is 124 Å². The van der Waals surface area contributed by atoms with Gasteiger partial charge in [0, 0.05) is 38.3 Å². The van der Waals surface area contributed by atoms with Gasteiger partial charge in [-0.15, -0.1) is 0 Å². The highest BCUT2D eigenvalue weighted by molar-refractivity contribution is 7.89. The van der Waals surface area contributed by atoms with Crippen molar-refractivity contribution >= 4 is 22.0 Å². The lowest BCUT2D eigenvalue weighted by molar-refractivity contribution is -0.145. The van der Waals surface area contributed by atoms with Crippen LogP contribution in [0.1, 0.15) is 19.8 Å². The third-order valence-electron chi connectivity index (χ3n) is 5.83. The summed E-state index contributed by atoms with van der Waals surface area (Å²) in [5, 5.41) is 0. The summed E-state index contributed by atoms with van der Waals surface area (Å²) in [7, 11) is -3.80. The Morgan fingerprint density at radius 2 is 1.82 bits per heavy atom. The van der Waals surface area contributed by atoms with Crippen molar-refractivity contribution in [3.05, 3.63) is 18.2 Å². The Balaban J connectivity index is 1.36. The molecule has 1 aromatic carbocycles.